The predicted octanol–water partition coefficient (Wildman–Crippen LogP) is 3.29. The molecular formula is C27H32N6O2. The molecule has 1 atom stereocenters. The predicted molar refractivity (Wildman–Crippen MR) is 135 cm³/mol. The van der Waals surface area contributed by atoms with Crippen LogP contribution in [0.2, 0.25) is 0 Å². The maximum Gasteiger partial charge on any atom is 0.271 e. The molecule has 0 saturated carbocycles. The molecule has 35 heavy (non-hydrogen) atoms. The van der Waals surface area contributed by atoms with Crippen molar-refractivity contribution in [3.05, 3.63) is 65.5 Å². The van der Waals surface area contributed by atoms with E-state index in [1.54, 1.807) is 17.2 Å². The number of aryl methyl sites for hydroxylation is 1. The molecule has 5 rings (SSSR count). The van der Waals surface area contributed by atoms with Crippen molar-refractivity contribution in [3.8, 4) is 11.4 Å². The van der Waals surface area contributed by atoms with Gasteiger partial charge in [-0.1, -0.05) is 18.2 Å². The van der Waals surface area contributed by atoms with Crippen LogP contribution in [0.5, 0.6) is 0 Å². The van der Waals surface area contributed by atoms with Crippen LogP contribution in [-0.4, -0.2) is 76.1 Å². The number of benzene rings is 1. The molecule has 182 valence electrons. The Hall–Kier alpha value is -3.68. The van der Waals surface area contributed by atoms with Gasteiger partial charge in [0.15, 0.2) is 0 Å². The first-order chi connectivity index (χ1) is 17.0. The maximum atomic E-state index is 13.4. The van der Waals surface area contributed by atoms with Crippen LogP contribution in [0.15, 0.2) is 48.7 Å². The number of piperidine rings is 1. The molecule has 0 aliphatic carbocycles. The van der Waals surface area contributed by atoms with Crippen molar-refractivity contribution < 1.29 is 9.59 Å². The zero-order valence-electron chi connectivity index (χ0n) is 20.4. The highest BCUT2D eigenvalue weighted by Gasteiger charge is 2.33. The summed E-state index contributed by atoms with van der Waals surface area (Å²) in [5.41, 5.74) is 5.64. The minimum absolute atomic E-state index is 0.114. The van der Waals surface area contributed by atoms with E-state index in [0.29, 0.717) is 37.6 Å². The van der Waals surface area contributed by atoms with E-state index >= 15 is 0 Å². The number of hydrogen-bond acceptors (Lipinski definition) is 5. The lowest BCUT2D eigenvalue weighted by Crippen LogP contribution is -2.53. The second kappa shape index (κ2) is 9.90. The van der Waals surface area contributed by atoms with E-state index in [1.807, 2.05) is 23.1 Å². The van der Waals surface area contributed by atoms with Gasteiger partial charge >= 0.3 is 0 Å². The van der Waals surface area contributed by atoms with Gasteiger partial charge in [0, 0.05) is 51.2 Å². The minimum atomic E-state index is -0.155. The van der Waals surface area contributed by atoms with E-state index in [1.165, 1.54) is 16.8 Å². The average Bonchev–Trinajstić information content (AvgIpc) is 3.41. The minimum Gasteiger partial charge on any atom is -0.368 e. The van der Waals surface area contributed by atoms with Crippen LogP contribution in [0.1, 0.15) is 34.5 Å². The molecule has 0 radical (unpaired) electrons. The Morgan fingerprint density at radius 2 is 1.77 bits per heavy atom. The quantitative estimate of drug-likeness (QED) is 0.630. The van der Waals surface area contributed by atoms with Crippen LogP contribution in [-0.2, 0) is 4.79 Å². The van der Waals surface area contributed by atoms with Gasteiger partial charge in [0.25, 0.3) is 5.91 Å². The SMILES string of the molecule is Cc1cccc(N2CCN(C(=O)C3CCCN(C(=O)c4cc(-c5ccccn5)n[nH]4)C3)CC2)c1C. The molecule has 1 N–H and O–H groups in total. The number of nitrogens with zero attached hydrogens (tertiary/aromatic N) is 5. The number of pyridine rings is 1. The number of amides is 2. The molecule has 2 amide bonds. The fraction of sp³-hybridized carbons (Fsp3) is 0.407. The van der Waals surface area contributed by atoms with Gasteiger partial charge in [-0.25, -0.2) is 0 Å². The number of carbonyl (C=O) groups excluding carboxylic acids is 2. The third-order valence-corrected chi connectivity index (χ3v) is 7.30. The molecule has 2 aromatic heterocycles. The smallest absolute Gasteiger partial charge is 0.271 e. The Kier molecular flexibility index (Phi) is 6.53. The van der Waals surface area contributed by atoms with E-state index in [9.17, 15) is 9.59 Å². The summed E-state index contributed by atoms with van der Waals surface area (Å²) >= 11 is 0. The van der Waals surface area contributed by atoms with Crippen LogP contribution >= 0.6 is 0 Å². The van der Waals surface area contributed by atoms with Gasteiger partial charge in [-0.15, -0.1) is 0 Å². The largest absolute Gasteiger partial charge is 0.368 e. The van der Waals surface area contributed by atoms with Gasteiger partial charge in [0.2, 0.25) is 5.91 Å². The van der Waals surface area contributed by atoms with Crippen molar-refractivity contribution in [2.75, 3.05) is 44.2 Å². The van der Waals surface area contributed by atoms with Gasteiger partial charge in [0.1, 0.15) is 11.4 Å². The second-order valence-electron chi connectivity index (χ2n) is 9.50. The third-order valence-electron chi connectivity index (χ3n) is 7.30. The Labute approximate surface area is 205 Å². The summed E-state index contributed by atoms with van der Waals surface area (Å²) in [6.07, 6.45) is 3.35. The summed E-state index contributed by atoms with van der Waals surface area (Å²) in [4.78, 5) is 36.9. The number of rotatable bonds is 4. The number of aromatic nitrogens is 3. The monoisotopic (exact) mass is 472 g/mol. The number of aromatic amines is 1. The lowest BCUT2D eigenvalue weighted by molar-refractivity contribution is -0.137. The van der Waals surface area contributed by atoms with Crippen molar-refractivity contribution in [2.45, 2.75) is 26.7 Å². The first kappa shape index (κ1) is 23.1. The van der Waals surface area contributed by atoms with Crippen LogP contribution in [0, 0.1) is 19.8 Å². The lowest BCUT2D eigenvalue weighted by atomic mass is 9.95. The van der Waals surface area contributed by atoms with E-state index in [0.717, 1.165) is 31.6 Å². The van der Waals surface area contributed by atoms with Crippen molar-refractivity contribution in [2.24, 2.45) is 5.92 Å². The molecule has 1 unspecified atom stereocenters. The molecule has 2 aliphatic heterocycles. The van der Waals surface area contributed by atoms with Crippen LogP contribution in [0.3, 0.4) is 0 Å². The average molecular weight is 473 g/mol. The Bertz CT molecular complexity index is 1200. The molecule has 2 fully saturated rings. The molecular weight excluding hydrogens is 440 g/mol. The van der Waals surface area contributed by atoms with Crippen LogP contribution in [0.25, 0.3) is 11.4 Å². The maximum absolute atomic E-state index is 13.4. The number of hydrogen-bond donors (Lipinski definition) is 1. The fourth-order valence-corrected chi connectivity index (χ4v) is 5.11. The second-order valence-corrected chi connectivity index (χ2v) is 9.50. The fourth-order valence-electron chi connectivity index (χ4n) is 5.11. The van der Waals surface area contributed by atoms with E-state index in [4.69, 9.17) is 0 Å². The number of nitrogens with one attached hydrogen (secondary N) is 1. The Morgan fingerprint density at radius 3 is 2.54 bits per heavy atom. The molecule has 0 spiro atoms. The van der Waals surface area contributed by atoms with E-state index in [2.05, 4.69) is 52.1 Å². The molecule has 2 saturated heterocycles. The molecule has 0 bridgehead atoms. The van der Waals surface area contributed by atoms with Crippen molar-refractivity contribution >= 4 is 17.5 Å². The first-order valence-corrected chi connectivity index (χ1v) is 12.4. The van der Waals surface area contributed by atoms with Crippen molar-refractivity contribution in [1.82, 2.24) is 25.0 Å². The molecule has 8 nitrogen and oxygen atoms in total. The summed E-state index contributed by atoms with van der Waals surface area (Å²) in [7, 11) is 0. The van der Waals surface area contributed by atoms with Gasteiger partial charge in [-0.3, -0.25) is 19.7 Å². The summed E-state index contributed by atoms with van der Waals surface area (Å²) in [5.74, 6) is -0.100. The van der Waals surface area contributed by atoms with E-state index in [-0.39, 0.29) is 17.7 Å². The highest BCUT2D eigenvalue weighted by atomic mass is 16.2. The third kappa shape index (κ3) is 4.78. The van der Waals surface area contributed by atoms with Crippen molar-refractivity contribution in [3.63, 3.8) is 0 Å². The summed E-state index contributed by atoms with van der Waals surface area (Å²) in [6.45, 7) is 8.49. The van der Waals surface area contributed by atoms with Gasteiger partial charge in [0.05, 0.1) is 11.6 Å². The zero-order valence-corrected chi connectivity index (χ0v) is 20.4. The highest BCUT2D eigenvalue weighted by Crippen LogP contribution is 2.26. The number of H-pyrrole nitrogens is 1. The molecule has 3 aromatic rings. The summed E-state index contributed by atoms with van der Waals surface area (Å²) < 4.78 is 0. The number of anilines is 1. The topological polar surface area (TPSA) is 85.4 Å². The van der Waals surface area contributed by atoms with Crippen LogP contribution < -0.4 is 4.90 Å². The zero-order chi connectivity index (χ0) is 24.4. The van der Waals surface area contributed by atoms with Crippen LogP contribution in [0.4, 0.5) is 5.69 Å². The Balaban J connectivity index is 1.19. The Morgan fingerprint density at radius 1 is 0.943 bits per heavy atom. The first-order valence-electron chi connectivity index (χ1n) is 12.4. The highest BCUT2D eigenvalue weighted by molar-refractivity contribution is 5.94. The molecule has 2 aliphatic rings. The number of likely N-dealkylation sites (tertiary alicyclic amines) is 1. The lowest BCUT2D eigenvalue weighted by Gasteiger charge is -2.40. The van der Waals surface area contributed by atoms with Crippen molar-refractivity contribution in [1.29, 1.82) is 0 Å². The van der Waals surface area contributed by atoms with Gasteiger partial charge < -0.3 is 14.7 Å². The van der Waals surface area contributed by atoms with Gasteiger partial charge in [-0.05, 0) is 62.1 Å². The number of carbonyl (C=O) groups is 2. The van der Waals surface area contributed by atoms with Gasteiger partial charge in [-0.2, -0.15) is 5.10 Å². The summed E-state index contributed by atoms with van der Waals surface area (Å²) in [5, 5.41) is 7.11. The normalized spacial score (nSPS) is 18.6. The standard InChI is InChI=1S/C27H32N6O2/c1-19-7-5-10-25(20(19)2)31-13-15-32(16-14-31)26(34)21-8-6-12-33(18-21)27(35)24-17-23(29-30-24)22-9-3-4-11-28-22/h3-5,7,9-11,17,21H,6,8,12-16,18H2,1-2H3,(H,29,30). The molecule has 4 heterocycles. The summed E-state index contributed by atoms with van der Waals surface area (Å²) in [6, 6.07) is 13.7. The van der Waals surface area contributed by atoms with E-state index < -0.39 is 0 Å². The number of piperazine rings is 1. The molecule has 8 heteroatoms. The molecule has 1 aromatic carbocycles.